The molecule has 15 heteroatoms. The third kappa shape index (κ3) is 9.55. The summed E-state index contributed by atoms with van der Waals surface area (Å²) in [4.78, 5) is 56.8. The quantitative estimate of drug-likeness (QED) is 0.177. The van der Waals surface area contributed by atoms with Gasteiger partial charge in [-0.1, -0.05) is 63.1 Å². The van der Waals surface area contributed by atoms with Crippen LogP contribution in [0.3, 0.4) is 0 Å². The molecule has 0 aliphatic carbocycles. The van der Waals surface area contributed by atoms with Gasteiger partial charge in [-0.25, -0.2) is 9.59 Å². The molecule has 2 fully saturated rings. The average Bonchev–Trinajstić information content (AvgIpc) is 3.80. The molecule has 300 valence electrons. The first-order valence-electron chi connectivity index (χ1n) is 18.0. The molecule has 3 amide bonds. The number of esters is 1. The monoisotopic (exact) mass is 793 g/mol. The maximum absolute atomic E-state index is 14.2. The van der Waals surface area contributed by atoms with Crippen LogP contribution in [0.15, 0.2) is 35.9 Å². The third-order valence-corrected chi connectivity index (χ3v) is 11.4. The molecule has 13 nitrogen and oxygen atoms in total. The molecular weight excluding hydrogens is 738 g/mol. The third-order valence-electron chi connectivity index (χ3n) is 10.8. The van der Waals surface area contributed by atoms with Crippen molar-refractivity contribution in [1.29, 1.82) is 0 Å². The number of nitrogens with zero attached hydrogens (tertiary/aromatic N) is 2. The normalized spacial score (nSPS) is 29.2. The summed E-state index contributed by atoms with van der Waals surface area (Å²) < 4.78 is 29.1. The van der Waals surface area contributed by atoms with Crippen LogP contribution in [0.5, 0.6) is 5.75 Å². The van der Waals surface area contributed by atoms with Crippen LogP contribution in [0.25, 0.3) is 0 Å². The SMILES string of the molecule is COc1cc2cc(c1Cl)N(C)C(=O)CC(OC(=O)C(C)N(C)C(=O)CCC(C)(C)S)C1(C)OC1C(C)(C)C1CC(O)(NC(=O)O1)C(OC)C=CC=C(C)C2. The largest absolute Gasteiger partial charge is 0.495 e. The molecule has 4 rings (SSSR count). The lowest BCUT2D eigenvalue weighted by Gasteiger charge is -2.45. The van der Waals surface area contributed by atoms with Crippen molar-refractivity contribution in [3.05, 3.63) is 46.5 Å². The lowest BCUT2D eigenvalue weighted by Crippen LogP contribution is -2.65. The van der Waals surface area contributed by atoms with E-state index < -0.39 is 65.2 Å². The minimum atomic E-state index is -1.85. The maximum atomic E-state index is 14.2. The number of halogens is 1. The number of anilines is 1. The van der Waals surface area contributed by atoms with Crippen molar-refractivity contribution < 1.29 is 48.0 Å². The standard InChI is InChI=1S/C39H56ClN3O10S/c1-22-13-12-14-27(50-11)39(48)21-29(52-35(47)41-39)37(5,6)34-38(7,53-34)28(51-33(46)23(2)42(8)30(44)15-16-36(3,4)54)20-31(45)43(9)25-18-24(17-22)19-26(49-10)32(25)40/h12-14,18-19,23,27-29,34,48,54H,15-17,20-21H2,1-11H3,(H,41,47). The molecule has 3 heterocycles. The van der Waals surface area contributed by atoms with E-state index >= 15 is 0 Å². The highest BCUT2D eigenvalue weighted by molar-refractivity contribution is 7.81. The molecule has 0 saturated carbocycles. The summed E-state index contributed by atoms with van der Waals surface area (Å²) in [5.41, 5.74) is -1.97. The van der Waals surface area contributed by atoms with E-state index in [1.807, 2.05) is 40.7 Å². The molecule has 1 aromatic carbocycles. The Balaban J connectivity index is 1.78. The Kier molecular flexibility index (Phi) is 13.2. The molecule has 54 heavy (non-hydrogen) atoms. The van der Waals surface area contributed by atoms with Gasteiger partial charge < -0.3 is 38.6 Å². The van der Waals surface area contributed by atoms with Gasteiger partial charge >= 0.3 is 12.1 Å². The number of likely N-dealkylation sites (N-methyl/N-ethyl adjacent to an activating group) is 1. The number of fused-ring (bicyclic) bond motifs is 5. The lowest BCUT2D eigenvalue weighted by atomic mass is 9.73. The predicted molar refractivity (Wildman–Crippen MR) is 208 cm³/mol. The summed E-state index contributed by atoms with van der Waals surface area (Å²) in [6.45, 7) is 12.7. The molecular formula is C39H56ClN3O10S. The molecule has 7 unspecified atom stereocenters. The van der Waals surface area contributed by atoms with Gasteiger partial charge in [0.1, 0.15) is 40.7 Å². The van der Waals surface area contributed by atoms with Gasteiger partial charge in [0, 0.05) is 44.2 Å². The summed E-state index contributed by atoms with van der Waals surface area (Å²) >= 11 is 11.3. The smallest absolute Gasteiger partial charge is 0.409 e. The fourth-order valence-electron chi connectivity index (χ4n) is 7.10. The number of benzene rings is 1. The van der Waals surface area contributed by atoms with E-state index in [0.29, 0.717) is 24.3 Å². The second kappa shape index (κ2) is 16.4. The van der Waals surface area contributed by atoms with Gasteiger partial charge in [-0.3, -0.25) is 14.9 Å². The summed E-state index contributed by atoms with van der Waals surface area (Å²) in [5, 5.41) is 14.6. The molecule has 2 saturated heterocycles. The van der Waals surface area contributed by atoms with Crippen LogP contribution < -0.4 is 15.0 Å². The zero-order valence-corrected chi connectivity index (χ0v) is 34.8. The van der Waals surface area contributed by atoms with Gasteiger partial charge in [-0.2, -0.15) is 12.6 Å². The number of carbonyl (C=O) groups is 4. The number of thiol groups is 1. The Morgan fingerprint density at radius 1 is 1.22 bits per heavy atom. The van der Waals surface area contributed by atoms with E-state index in [4.69, 9.17) is 35.3 Å². The first kappa shape index (κ1) is 43.4. The number of hydrogen-bond donors (Lipinski definition) is 3. The summed E-state index contributed by atoms with van der Waals surface area (Å²) in [5.74, 6) is -1.06. The zero-order valence-electron chi connectivity index (χ0n) is 33.2. The minimum absolute atomic E-state index is 0.0729. The Morgan fingerprint density at radius 3 is 2.50 bits per heavy atom. The Morgan fingerprint density at radius 2 is 1.89 bits per heavy atom. The number of amides is 3. The summed E-state index contributed by atoms with van der Waals surface area (Å²) in [6, 6.07) is 2.59. The van der Waals surface area contributed by atoms with E-state index in [1.165, 1.54) is 31.1 Å². The van der Waals surface area contributed by atoms with Crippen LogP contribution in [0.1, 0.15) is 79.7 Å². The number of ether oxygens (including phenoxy) is 5. The Bertz CT molecular complexity index is 1680. The number of alkyl carbamates (subject to hydrolysis) is 1. The first-order valence-corrected chi connectivity index (χ1v) is 18.9. The average molecular weight is 794 g/mol. The van der Waals surface area contributed by atoms with E-state index in [0.717, 1.165) is 11.1 Å². The van der Waals surface area contributed by atoms with E-state index in [9.17, 15) is 24.3 Å². The first-order chi connectivity index (χ1) is 25.0. The zero-order chi connectivity index (χ0) is 40.6. The molecule has 3 aliphatic heterocycles. The summed E-state index contributed by atoms with van der Waals surface area (Å²) in [6.07, 6.45) is 1.42. The van der Waals surface area contributed by atoms with Crippen molar-refractivity contribution in [2.45, 2.75) is 127 Å². The van der Waals surface area contributed by atoms with Crippen molar-refractivity contribution in [1.82, 2.24) is 10.2 Å². The van der Waals surface area contributed by atoms with Crippen LogP contribution >= 0.6 is 24.2 Å². The number of carbonyl (C=O) groups excluding carboxylic acids is 4. The topological polar surface area (TPSA) is 156 Å². The van der Waals surface area contributed by atoms with Crippen molar-refractivity contribution in [2.75, 3.05) is 33.2 Å². The molecule has 0 aromatic heterocycles. The Hall–Kier alpha value is -3.30. The molecule has 4 bridgehead atoms. The molecule has 0 radical (unpaired) electrons. The lowest BCUT2D eigenvalue weighted by molar-refractivity contribution is -0.162. The van der Waals surface area contributed by atoms with Crippen LogP contribution in [-0.4, -0.2) is 109 Å². The highest BCUT2D eigenvalue weighted by Crippen LogP contribution is 2.54. The fraction of sp³-hybridized carbons (Fsp3) is 0.641. The number of aliphatic hydroxyl groups is 1. The van der Waals surface area contributed by atoms with Crippen LogP contribution in [-0.2, 0) is 39.8 Å². The van der Waals surface area contributed by atoms with Gasteiger partial charge in [0.15, 0.2) is 5.72 Å². The van der Waals surface area contributed by atoms with E-state index in [1.54, 1.807) is 45.2 Å². The second-order valence-electron chi connectivity index (χ2n) is 16.1. The maximum Gasteiger partial charge on any atom is 0.409 e. The van der Waals surface area contributed by atoms with Crippen molar-refractivity contribution in [2.24, 2.45) is 5.41 Å². The van der Waals surface area contributed by atoms with E-state index in [-0.39, 0.29) is 34.9 Å². The van der Waals surface area contributed by atoms with Crippen molar-refractivity contribution in [3.8, 4) is 5.75 Å². The molecule has 2 N–H and O–H groups in total. The fourth-order valence-corrected chi connectivity index (χ4v) is 7.52. The number of epoxide rings is 1. The van der Waals surface area contributed by atoms with Gasteiger partial charge in [-0.05, 0) is 51.3 Å². The molecule has 3 aliphatic rings. The number of hydrogen-bond acceptors (Lipinski definition) is 11. The van der Waals surface area contributed by atoms with Gasteiger partial charge in [-0.15, -0.1) is 0 Å². The predicted octanol–water partition coefficient (Wildman–Crippen LogP) is 5.39. The highest BCUT2D eigenvalue weighted by atomic mass is 35.5. The van der Waals surface area contributed by atoms with Crippen molar-refractivity contribution in [3.63, 3.8) is 0 Å². The van der Waals surface area contributed by atoms with Crippen LogP contribution in [0, 0.1) is 5.41 Å². The molecule has 1 aromatic rings. The van der Waals surface area contributed by atoms with Gasteiger partial charge in [0.2, 0.25) is 11.8 Å². The highest BCUT2D eigenvalue weighted by Gasteiger charge is 2.68. The van der Waals surface area contributed by atoms with Crippen LogP contribution in [0.2, 0.25) is 5.02 Å². The number of methoxy groups -OCH3 is 2. The van der Waals surface area contributed by atoms with Gasteiger partial charge in [0.05, 0.1) is 25.3 Å². The molecule has 0 spiro atoms. The van der Waals surface area contributed by atoms with Crippen molar-refractivity contribution >= 4 is 53.8 Å². The minimum Gasteiger partial charge on any atom is -0.495 e. The van der Waals surface area contributed by atoms with Gasteiger partial charge in [0.25, 0.3) is 0 Å². The second-order valence-corrected chi connectivity index (χ2v) is 17.7. The number of nitrogens with one attached hydrogen (secondary N) is 1. The van der Waals surface area contributed by atoms with Crippen LogP contribution in [0.4, 0.5) is 10.5 Å². The Labute approximate surface area is 329 Å². The summed E-state index contributed by atoms with van der Waals surface area (Å²) in [7, 11) is 6.03. The number of rotatable bonds is 8. The number of allylic oxidation sites excluding steroid dienone is 3. The molecule has 7 atom stereocenters. The van der Waals surface area contributed by atoms with E-state index in [2.05, 4.69) is 17.9 Å².